The van der Waals surface area contributed by atoms with Crippen LogP contribution >= 0.6 is 0 Å². The molecule has 3 heteroatoms. The molecule has 22 heavy (non-hydrogen) atoms. The number of carbonyl (C=O) groups excluding carboxylic acids is 1. The van der Waals surface area contributed by atoms with Gasteiger partial charge in [-0.1, -0.05) is 48.5 Å². The van der Waals surface area contributed by atoms with Crippen molar-refractivity contribution in [3.05, 3.63) is 65.7 Å². The Labute approximate surface area is 131 Å². The number of para-hydroxylation sites is 1. The SMILES string of the molecule is CC(=O)N1c2ccccc2C(OCc2ccccc2)CC1C. The second kappa shape index (κ2) is 6.32. The fourth-order valence-corrected chi connectivity index (χ4v) is 3.17. The quantitative estimate of drug-likeness (QED) is 0.853. The number of nitrogens with zero attached hydrogens (tertiary/aromatic N) is 1. The first kappa shape index (κ1) is 14.8. The summed E-state index contributed by atoms with van der Waals surface area (Å²) in [5.41, 5.74) is 3.25. The summed E-state index contributed by atoms with van der Waals surface area (Å²) in [6.07, 6.45) is 0.852. The van der Waals surface area contributed by atoms with Crippen LogP contribution in [0.1, 0.15) is 37.5 Å². The van der Waals surface area contributed by atoms with Crippen LogP contribution in [0.25, 0.3) is 0 Å². The van der Waals surface area contributed by atoms with Gasteiger partial charge in [0.1, 0.15) is 0 Å². The number of amides is 1. The Morgan fingerprint density at radius 1 is 1.14 bits per heavy atom. The number of ether oxygens (including phenoxy) is 1. The van der Waals surface area contributed by atoms with E-state index in [0.29, 0.717) is 6.61 Å². The van der Waals surface area contributed by atoms with Gasteiger partial charge >= 0.3 is 0 Å². The van der Waals surface area contributed by atoms with E-state index in [1.165, 1.54) is 5.56 Å². The van der Waals surface area contributed by atoms with E-state index >= 15 is 0 Å². The van der Waals surface area contributed by atoms with Crippen LogP contribution in [0.3, 0.4) is 0 Å². The maximum Gasteiger partial charge on any atom is 0.224 e. The Morgan fingerprint density at radius 2 is 1.82 bits per heavy atom. The molecule has 0 spiro atoms. The number of benzene rings is 2. The van der Waals surface area contributed by atoms with E-state index < -0.39 is 0 Å². The lowest BCUT2D eigenvalue weighted by atomic mass is 9.93. The van der Waals surface area contributed by atoms with Crippen LogP contribution in [-0.4, -0.2) is 11.9 Å². The third kappa shape index (κ3) is 2.90. The highest BCUT2D eigenvalue weighted by Gasteiger charge is 2.32. The van der Waals surface area contributed by atoms with Gasteiger partial charge in [0.25, 0.3) is 0 Å². The van der Waals surface area contributed by atoms with Crippen molar-refractivity contribution in [3.8, 4) is 0 Å². The van der Waals surface area contributed by atoms with Crippen LogP contribution in [0.2, 0.25) is 0 Å². The average Bonchev–Trinajstić information content (AvgIpc) is 2.53. The summed E-state index contributed by atoms with van der Waals surface area (Å²) in [5, 5.41) is 0. The fourth-order valence-electron chi connectivity index (χ4n) is 3.17. The minimum absolute atomic E-state index is 0.0296. The Hall–Kier alpha value is -2.13. The van der Waals surface area contributed by atoms with Gasteiger partial charge in [-0.05, 0) is 25.0 Å². The minimum Gasteiger partial charge on any atom is -0.369 e. The highest BCUT2D eigenvalue weighted by Crippen LogP contribution is 2.39. The Balaban J connectivity index is 1.83. The molecule has 2 aromatic carbocycles. The molecule has 2 unspecified atom stereocenters. The predicted molar refractivity (Wildman–Crippen MR) is 87.7 cm³/mol. The molecule has 1 heterocycles. The second-order valence-corrected chi connectivity index (χ2v) is 5.82. The Morgan fingerprint density at radius 3 is 2.55 bits per heavy atom. The molecule has 0 saturated heterocycles. The standard InChI is InChI=1S/C19H21NO2/c1-14-12-19(22-13-16-8-4-3-5-9-16)17-10-6-7-11-18(17)20(14)15(2)21/h3-11,14,19H,12-13H2,1-2H3. The number of rotatable bonds is 3. The smallest absolute Gasteiger partial charge is 0.224 e. The van der Waals surface area contributed by atoms with E-state index in [9.17, 15) is 4.79 Å². The minimum atomic E-state index is 0.0296. The number of hydrogen-bond donors (Lipinski definition) is 0. The molecule has 0 bridgehead atoms. The van der Waals surface area contributed by atoms with Crippen LogP contribution in [0.5, 0.6) is 0 Å². The summed E-state index contributed by atoms with van der Waals surface area (Å²) >= 11 is 0. The van der Waals surface area contributed by atoms with E-state index in [2.05, 4.69) is 25.1 Å². The average molecular weight is 295 g/mol. The van der Waals surface area contributed by atoms with E-state index in [1.54, 1.807) is 6.92 Å². The van der Waals surface area contributed by atoms with E-state index in [0.717, 1.165) is 17.7 Å². The Kier molecular flexibility index (Phi) is 4.25. The molecule has 0 radical (unpaired) electrons. The van der Waals surface area contributed by atoms with Crippen LogP contribution in [0, 0.1) is 0 Å². The highest BCUT2D eigenvalue weighted by atomic mass is 16.5. The summed E-state index contributed by atoms with van der Waals surface area (Å²) in [5.74, 6) is 0.0847. The molecule has 1 aliphatic heterocycles. The van der Waals surface area contributed by atoms with Gasteiger partial charge in [0.05, 0.1) is 12.7 Å². The van der Waals surface area contributed by atoms with Crippen molar-refractivity contribution in [2.45, 2.75) is 39.0 Å². The number of carbonyl (C=O) groups is 1. The summed E-state index contributed by atoms with van der Waals surface area (Å²) in [6.45, 7) is 4.29. The molecule has 1 aliphatic rings. The van der Waals surface area contributed by atoms with Crippen molar-refractivity contribution < 1.29 is 9.53 Å². The zero-order chi connectivity index (χ0) is 15.5. The third-order valence-electron chi connectivity index (χ3n) is 4.17. The highest BCUT2D eigenvalue weighted by molar-refractivity contribution is 5.93. The first-order valence-corrected chi connectivity index (χ1v) is 7.71. The lowest BCUT2D eigenvalue weighted by molar-refractivity contribution is -0.117. The molecule has 0 aliphatic carbocycles. The van der Waals surface area contributed by atoms with E-state index in [1.807, 2.05) is 41.3 Å². The molecule has 0 fully saturated rings. The summed E-state index contributed by atoms with van der Waals surface area (Å²) in [7, 11) is 0. The molecule has 0 N–H and O–H groups in total. The fraction of sp³-hybridized carbons (Fsp3) is 0.316. The predicted octanol–water partition coefficient (Wildman–Crippen LogP) is 4.09. The molecule has 1 amide bonds. The molecular weight excluding hydrogens is 274 g/mol. The zero-order valence-corrected chi connectivity index (χ0v) is 13.0. The molecule has 2 atom stereocenters. The lowest BCUT2D eigenvalue weighted by Gasteiger charge is -2.38. The van der Waals surface area contributed by atoms with Crippen LogP contribution in [0.15, 0.2) is 54.6 Å². The van der Waals surface area contributed by atoms with Gasteiger partial charge in [-0.2, -0.15) is 0 Å². The molecule has 0 aromatic heterocycles. The maximum atomic E-state index is 11.9. The largest absolute Gasteiger partial charge is 0.369 e. The number of hydrogen-bond acceptors (Lipinski definition) is 2. The molecule has 3 rings (SSSR count). The molecule has 2 aromatic rings. The number of fused-ring (bicyclic) bond motifs is 1. The summed E-state index contributed by atoms with van der Waals surface area (Å²) in [4.78, 5) is 13.8. The third-order valence-corrected chi connectivity index (χ3v) is 4.17. The first-order chi connectivity index (χ1) is 10.7. The van der Waals surface area contributed by atoms with Crippen LogP contribution < -0.4 is 4.90 Å². The van der Waals surface area contributed by atoms with Crippen molar-refractivity contribution >= 4 is 11.6 Å². The van der Waals surface area contributed by atoms with E-state index in [-0.39, 0.29) is 18.1 Å². The Bertz CT molecular complexity index is 653. The summed E-state index contributed by atoms with van der Waals surface area (Å²) < 4.78 is 6.16. The van der Waals surface area contributed by atoms with Crippen LogP contribution in [0.4, 0.5) is 5.69 Å². The van der Waals surface area contributed by atoms with Gasteiger partial charge in [-0.25, -0.2) is 0 Å². The van der Waals surface area contributed by atoms with Gasteiger partial charge in [0.2, 0.25) is 5.91 Å². The van der Waals surface area contributed by atoms with Crippen molar-refractivity contribution in [1.82, 2.24) is 0 Å². The van der Waals surface area contributed by atoms with Gasteiger partial charge in [0.15, 0.2) is 0 Å². The van der Waals surface area contributed by atoms with Crippen molar-refractivity contribution in [3.63, 3.8) is 0 Å². The van der Waals surface area contributed by atoms with Crippen molar-refractivity contribution in [2.75, 3.05) is 4.90 Å². The van der Waals surface area contributed by atoms with Gasteiger partial charge in [-0.3, -0.25) is 4.79 Å². The monoisotopic (exact) mass is 295 g/mol. The second-order valence-electron chi connectivity index (χ2n) is 5.82. The first-order valence-electron chi connectivity index (χ1n) is 7.71. The number of anilines is 1. The topological polar surface area (TPSA) is 29.5 Å². The zero-order valence-electron chi connectivity index (χ0n) is 13.0. The molecule has 114 valence electrons. The molecule has 0 saturated carbocycles. The molecular formula is C19H21NO2. The summed E-state index contributed by atoms with van der Waals surface area (Å²) in [6, 6.07) is 18.4. The normalized spacial score (nSPS) is 20.5. The van der Waals surface area contributed by atoms with E-state index in [4.69, 9.17) is 4.74 Å². The van der Waals surface area contributed by atoms with Crippen molar-refractivity contribution in [1.29, 1.82) is 0 Å². The van der Waals surface area contributed by atoms with Gasteiger partial charge < -0.3 is 9.64 Å². The maximum absolute atomic E-state index is 11.9. The van der Waals surface area contributed by atoms with Crippen LogP contribution in [-0.2, 0) is 16.1 Å². The van der Waals surface area contributed by atoms with Gasteiger partial charge in [-0.15, -0.1) is 0 Å². The van der Waals surface area contributed by atoms with Crippen molar-refractivity contribution in [2.24, 2.45) is 0 Å². The molecule has 3 nitrogen and oxygen atoms in total. The van der Waals surface area contributed by atoms with Gasteiger partial charge in [0, 0.05) is 24.2 Å². The lowest BCUT2D eigenvalue weighted by Crippen LogP contribution is -2.42.